The molecule has 0 saturated heterocycles. The van der Waals surface area contributed by atoms with Crippen LogP contribution in [0.3, 0.4) is 0 Å². The van der Waals surface area contributed by atoms with Gasteiger partial charge < -0.3 is 0 Å². The van der Waals surface area contributed by atoms with Crippen LogP contribution in [0.1, 0.15) is 110 Å². The first kappa shape index (κ1) is 22.7. The maximum atomic E-state index is 10.6. The number of aliphatic imine (C=N–C) groups is 1. The van der Waals surface area contributed by atoms with Crippen LogP contribution in [-0.4, -0.2) is 17.5 Å². The summed E-state index contributed by atoms with van der Waals surface area (Å²) in [7, 11) is 0. The number of hydrogen-bond donors (Lipinski definition) is 0. The predicted molar refractivity (Wildman–Crippen MR) is 102 cm³/mol. The fraction of sp³-hybridized carbons (Fsp3) is 0.950. The van der Waals surface area contributed by atoms with Gasteiger partial charge in [0.2, 0.25) is 6.08 Å². The van der Waals surface area contributed by atoms with Crippen molar-refractivity contribution in [1.82, 2.24) is 0 Å². The molecule has 0 heterocycles. The summed E-state index contributed by atoms with van der Waals surface area (Å²) in [5, 5.41) is 0.00252. The predicted octanol–water partition coefficient (Wildman–Crippen LogP) is 7.19. The van der Waals surface area contributed by atoms with Gasteiger partial charge in [-0.05, 0) is 12.8 Å². The Morgan fingerprint density at radius 2 is 1.17 bits per heavy atom. The van der Waals surface area contributed by atoms with Gasteiger partial charge in [-0.3, -0.25) is 0 Å². The van der Waals surface area contributed by atoms with Crippen LogP contribution in [0.15, 0.2) is 4.99 Å². The summed E-state index contributed by atoms with van der Waals surface area (Å²) in [6.07, 6.45) is 20.3. The van der Waals surface area contributed by atoms with E-state index < -0.39 is 0 Å². The number of alkyl halides is 1. The Balaban J connectivity index is 3.75. The minimum Gasteiger partial charge on any atom is -0.211 e. The SMILES string of the molecule is CCCCCCCCCC(N=C=O)C(Cl)CCCCCCCC. The molecule has 0 rings (SSSR count). The highest BCUT2D eigenvalue weighted by Crippen LogP contribution is 2.21. The standard InChI is InChI=1S/C20H38ClNO/c1-3-5-7-9-11-13-15-17-20(22-18-23)19(21)16-14-12-10-8-6-4-2/h19-20H,3-17H2,1-2H3. The number of unbranched alkanes of at least 4 members (excludes halogenated alkanes) is 11. The Kier molecular flexibility index (Phi) is 17.8. The summed E-state index contributed by atoms with van der Waals surface area (Å²) >= 11 is 6.47. The van der Waals surface area contributed by atoms with E-state index in [0.717, 1.165) is 25.7 Å². The molecule has 0 aliphatic rings. The van der Waals surface area contributed by atoms with Crippen LogP contribution in [0.5, 0.6) is 0 Å². The van der Waals surface area contributed by atoms with Gasteiger partial charge in [-0.2, -0.15) is 0 Å². The van der Waals surface area contributed by atoms with Crippen LogP contribution in [-0.2, 0) is 4.79 Å². The molecular formula is C20H38ClNO. The molecule has 0 N–H and O–H groups in total. The van der Waals surface area contributed by atoms with Gasteiger partial charge in [-0.1, -0.05) is 97.3 Å². The minimum absolute atomic E-state index is 0.00252. The molecule has 0 saturated carbocycles. The van der Waals surface area contributed by atoms with Crippen molar-refractivity contribution in [2.45, 2.75) is 122 Å². The smallest absolute Gasteiger partial charge is 0.211 e. The third-order valence-electron chi connectivity index (χ3n) is 4.57. The summed E-state index contributed by atoms with van der Waals surface area (Å²) in [5.74, 6) is 0. The summed E-state index contributed by atoms with van der Waals surface area (Å²) < 4.78 is 0. The highest BCUT2D eigenvalue weighted by molar-refractivity contribution is 6.21. The molecule has 0 aliphatic carbocycles. The zero-order valence-electron chi connectivity index (χ0n) is 15.5. The van der Waals surface area contributed by atoms with Gasteiger partial charge in [-0.15, -0.1) is 11.6 Å². The van der Waals surface area contributed by atoms with E-state index in [1.165, 1.54) is 70.6 Å². The fourth-order valence-electron chi connectivity index (χ4n) is 3.02. The Morgan fingerprint density at radius 3 is 1.65 bits per heavy atom. The molecule has 0 aromatic carbocycles. The van der Waals surface area contributed by atoms with E-state index in [2.05, 4.69) is 18.8 Å². The topological polar surface area (TPSA) is 29.4 Å². The molecule has 0 aromatic heterocycles. The zero-order chi connectivity index (χ0) is 17.2. The first-order valence-electron chi connectivity index (χ1n) is 9.97. The van der Waals surface area contributed by atoms with Gasteiger partial charge in [-0.25, -0.2) is 9.79 Å². The van der Waals surface area contributed by atoms with Crippen molar-refractivity contribution in [1.29, 1.82) is 0 Å². The minimum atomic E-state index is -0.0274. The Labute approximate surface area is 149 Å². The molecular weight excluding hydrogens is 306 g/mol. The van der Waals surface area contributed by atoms with E-state index >= 15 is 0 Å². The van der Waals surface area contributed by atoms with Crippen molar-refractivity contribution < 1.29 is 4.79 Å². The zero-order valence-corrected chi connectivity index (χ0v) is 16.3. The molecule has 2 unspecified atom stereocenters. The molecule has 0 fully saturated rings. The van der Waals surface area contributed by atoms with Crippen LogP contribution in [0.25, 0.3) is 0 Å². The van der Waals surface area contributed by atoms with Gasteiger partial charge >= 0.3 is 0 Å². The van der Waals surface area contributed by atoms with Gasteiger partial charge in [0.1, 0.15) is 0 Å². The molecule has 3 heteroatoms. The number of rotatable bonds is 17. The third kappa shape index (κ3) is 15.0. The molecule has 0 amide bonds. The first-order valence-corrected chi connectivity index (χ1v) is 10.4. The van der Waals surface area contributed by atoms with Crippen LogP contribution >= 0.6 is 11.6 Å². The number of isocyanates is 1. The first-order chi connectivity index (χ1) is 11.3. The highest BCUT2D eigenvalue weighted by Gasteiger charge is 2.17. The number of hydrogen-bond acceptors (Lipinski definition) is 2. The van der Waals surface area contributed by atoms with Crippen LogP contribution in [0, 0.1) is 0 Å². The van der Waals surface area contributed by atoms with E-state index in [-0.39, 0.29) is 11.4 Å². The number of carbonyl (C=O) groups excluding carboxylic acids is 1. The van der Waals surface area contributed by atoms with Crippen molar-refractivity contribution in [2.24, 2.45) is 4.99 Å². The van der Waals surface area contributed by atoms with Crippen molar-refractivity contribution >= 4 is 17.7 Å². The molecule has 2 atom stereocenters. The lowest BCUT2D eigenvalue weighted by atomic mass is 10.00. The van der Waals surface area contributed by atoms with Crippen molar-refractivity contribution in [3.63, 3.8) is 0 Å². The summed E-state index contributed by atoms with van der Waals surface area (Å²) in [6.45, 7) is 4.48. The van der Waals surface area contributed by atoms with Crippen LogP contribution in [0.4, 0.5) is 0 Å². The van der Waals surface area contributed by atoms with E-state index in [0.29, 0.717) is 0 Å². The maximum Gasteiger partial charge on any atom is 0.235 e. The molecule has 2 nitrogen and oxygen atoms in total. The Bertz CT molecular complexity index is 289. The van der Waals surface area contributed by atoms with Crippen molar-refractivity contribution in [3.8, 4) is 0 Å². The summed E-state index contributed by atoms with van der Waals surface area (Å²) in [6, 6.07) is -0.0274. The second kappa shape index (κ2) is 18.0. The molecule has 23 heavy (non-hydrogen) atoms. The lowest BCUT2D eigenvalue weighted by Crippen LogP contribution is -2.19. The second-order valence-corrected chi connectivity index (χ2v) is 7.33. The van der Waals surface area contributed by atoms with Crippen molar-refractivity contribution in [2.75, 3.05) is 0 Å². The third-order valence-corrected chi connectivity index (χ3v) is 5.08. The molecule has 136 valence electrons. The maximum absolute atomic E-state index is 10.6. The highest BCUT2D eigenvalue weighted by atomic mass is 35.5. The van der Waals surface area contributed by atoms with Crippen LogP contribution < -0.4 is 0 Å². The summed E-state index contributed by atoms with van der Waals surface area (Å²) in [4.78, 5) is 14.6. The van der Waals surface area contributed by atoms with E-state index in [9.17, 15) is 4.79 Å². The van der Waals surface area contributed by atoms with E-state index in [1.54, 1.807) is 6.08 Å². The number of nitrogens with zero attached hydrogens (tertiary/aromatic N) is 1. The quantitative estimate of drug-likeness (QED) is 0.119. The van der Waals surface area contributed by atoms with Gasteiger partial charge in [0.25, 0.3) is 0 Å². The molecule has 0 bridgehead atoms. The average molecular weight is 344 g/mol. The Morgan fingerprint density at radius 1 is 0.739 bits per heavy atom. The second-order valence-electron chi connectivity index (χ2n) is 6.77. The Hall–Kier alpha value is -0.330. The van der Waals surface area contributed by atoms with Gasteiger partial charge in [0.15, 0.2) is 0 Å². The molecule has 0 radical (unpaired) electrons. The molecule has 0 spiro atoms. The number of halogens is 1. The fourth-order valence-corrected chi connectivity index (χ4v) is 3.35. The van der Waals surface area contributed by atoms with Crippen molar-refractivity contribution in [3.05, 3.63) is 0 Å². The van der Waals surface area contributed by atoms with E-state index in [1.807, 2.05) is 0 Å². The summed E-state index contributed by atoms with van der Waals surface area (Å²) in [5.41, 5.74) is 0. The largest absolute Gasteiger partial charge is 0.235 e. The van der Waals surface area contributed by atoms with Crippen LogP contribution in [0.2, 0.25) is 0 Å². The van der Waals surface area contributed by atoms with Gasteiger partial charge in [0.05, 0.1) is 11.4 Å². The van der Waals surface area contributed by atoms with E-state index in [4.69, 9.17) is 11.6 Å². The normalized spacial score (nSPS) is 13.5. The molecule has 0 aliphatic heterocycles. The van der Waals surface area contributed by atoms with Gasteiger partial charge in [0, 0.05) is 0 Å². The monoisotopic (exact) mass is 343 g/mol. The lowest BCUT2D eigenvalue weighted by Gasteiger charge is -2.17. The average Bonchev–Trinajstić information content (AvgIpc) is 2.56. The molecule has 0 aromatic rings. The lowest BCUT2D eigenvalue weighted by molar-refractivity contribution is 0.482.